The van der Waals surface area contributed by atoms with E-state index in [1.165, 1.54) is 0 Å². The second-order valence-electron chi connectivity index (χ2n) is 0. The molecule has 0 aromatic rings. The molecule has 0 radical (unpaired) electrons. The van der Waals surface area contributed by atoms with Gasteiger partial charge in [0.2, 0.25) is 0 Å². The van der Waals surface area contributed by atoms with Gasteiger partial charge in [-0.15, -0.1) is 0 Å². The Morgan fingerprint density at radius 1 is 1.17 bits per heavy atom. The Kier molecular flexibility index (Phi) is 236. The summed E-state index contributed by atoms with van der Waals surface area (Å²) >= 11 is 0. The van der Waals surface area contributed by atoms with Crippen molar-refractivity contribution < 1.29 is 107 Å². The van der Waals surface area contributed by atoms with E-state index < -0.39 is 0 Å². The Bertz CT molecular complexity index is 19.7. The summed E-state index contributed by atoms with van der Waals surface area (Å²) < 4.78 is 0. The van der Waals surface area contributed by atoms with E-state index in [4.69, 9.17) is 0 Å². The Morgan fingerprint density at radius 3 is 1.17 bits per heavy atom. The van der Waals surface area contributed by atoms with Crippen LogP contribution in [0.15, 0.2) is 0 Å². The van der Waals surface area contributed by atoms with Crippen LogP contribution in [0.2, 0.25) is 0 Å². The molecular formula is H7BiFeKMoNiSb. The van der Waals surface area contributed by atoms with Crippen molar-refractivity contribution in [2.75, 3.05) is 0 Å². The van der Waals surface area contributed by atoms with Crippen LogP contribution in [0.5, 0.6) is 0 Å². The van der Waals surface area contributed by atoms with Gasteiger partial charge >= 0.3 is 102 Å². The van der Waals surface area contributed by atoms with Crippen molar-refractivity contribution in [3.8, 4) is 0 Å². The predicted octanol–water partition coefficient (Wildman–Crippen LogP) is -5.26. The summed E-state index contributed by atoms with van der Waals surface area (Å²) in [6.45, 7) is 0. The third kappa shape index (κ3) is 23.0. The first kappa shape index (κ1) is 43.8. The Labute approximate surface area is 154 Å². The summed E-state index contributed by atoms with van der Waals surface area (Å²) in [7, 11) is 0. The van der Waals surface area contributed by atoms with E-state index in [1.54, 1.807) is 0 Å². The molecule has 42 valence electrons. The molecule has 0 fully saturated rings. The van der Waals surface area contributed by atoms with Crippen LogP contribution in [0, 0.1) is 0 Å². The third-order valence-corrected chi connectivity index (χ3v) is 0. The minimum absolute atomic E-state index is 0. The van der Waals surface area contributed by atoms with Crippen molar-refractivity contribution in [2.45, 2.75) is 0 Å². The molecule has 0 aliphatic rings. The Hall–Kier alpha value is 5.04. The van der Waals surface area contributed by atoms with Gasteiger partial charge in [0.1, 0.15) is 0 Å². The summed E-state index contributed by atoms with van der Waals surface area (Å²) in [6, 6.07) is 0. The molecule has 0 rings (SSSR count). The average Bonchev–Trinajstić information content (AvgIpc) is 0. The third-order valence-electron chi connectivity index (χ3n) is 0. The fraction of sp³-hybridized carbons (Fsp3) is 0. The van der Waals surface area contributed by atoms with Gasteiger partial charge in [-0.1, -0.05) is 0 Å². The van der Waals surface area contributed by atoms with Gasteiger partial charge in [0.25, 0.3) is 0 Å². The molecule has 0 spiro atoms. The fourth-order valence-electron chi connectivity index (χ4n) is 0. The number of rotatable bonds is 0. The van der Waals surface area contributed by atoms with Crippen molar-refractivity contribution in [3.05, 3.63) is 0 Å². The van der Waals surface area contributed by atoms with Gasteiger partial charge in [0.05, 0.1) is 0 Å². The van der Waals surface area contributed by atoms with Crippen molar-refractivity contribution in [1.29, 1.82) is 0 Å². The Balaban J connectivity index is 0. The fourth-order valence-corrected chi connectivity index (χ4v) is 0. The standard InChI is InChI=1S/Bi.Fe.K.Mo.Ni.Sb.7H/q;;+1;;;;;;;;;;-1. The molecular weight excluding hydrogens is 580 g/mol. The number of hydrogen-bond donors (Lipinski definition) is 0. The van der Waals surface area contributed by atoms with E-state index >= 15 is 0 Å². The van der Waals surface area contributed by atoms with Crippen molar-refractivity contribution in [3.63, 3.8) is 0 Å². The van der Waals surface area contributed by atoms with Crippen molar-refractivity contribution >= 4 is 50.6 Å². The molecule has 0 aliphatic heterocycles. The zero-order valence-electron chi connectivity index (χ0n) is 4.49. The summed E-state index contributed by atoms with van der Waals surface area (Å²) in [5.41, 5.74) is 0. The van der Waals surface area contributed by atoms with Crippen LogP contribution >= 0.6 is 0 Å². The molecule has 0 N–H and O–H groups in total. The van der Waals surface area contributed by atoms with E-state index in [0.29, 0.717) is 0 Å². The van der Waals surface area contributed by atoms with Gasteiger partial charge in [-0.2, -0.15) is 0 Å². The van der Waals surface area contributed by atoms with Crippen molar-refractivity contribution in [2.24, 2.45) is 0 Å². The molecule has 6 heavy (non-hydrogen) atoms. The first-order valence-corrected chi connectivity index (χ1v) is 0. The maximum absolute atomic E-state index is 0. The van der Waals surface area contributed by atoms with E-state index in [2.05, 4.69) is 0 Å². The molecule has 0 amide bonds. The first-order chi connectivity index (χ1) is 0. The molecule has 0 aromatic heterocycles. The molecule has 0 saturated heterocycles. The average molecular weight is 587 g/mol. The molecule has 0 heterocycles. The molecule has 0 saturated carbocycles. The van der Waals surface area contributed by atoms with E-state index in [1.807, 2.05) is 0 Å². The molecule has 0 atom stereocenters. The van der Waals surface area contributed by atoms with E-state index in [0.717, 1.165) is 0 Å². The summed E-state index contributed by atoms with van der Waals surface area (Å²) in [5.74, 6) is 0. The van der Waals surface area contributed by atoms with Crippen molar-refractivity contribution in [1.82, 2.24) is 0 Å². The summed E-state index contributed by atoms with van der Waals surface area (Å²) in [6.07, 6.45) is 0. The molecule has 0 unspecified atom stereocenters. The van der Waals surface area contributed by atoms with Gasteiger partial charge in [-0.05, 0) is 0 Å². The number of hydrogen-bond acceptors (Lipinski definition) is 0. The van der Waals surface area contributed by atoms with Gasteiger partial charge in [-0.3, -0.25) is 0 Å². The topological polar surface area (TPSA) is 0 Å². The Morgan fingerprint density at radius 2 is 1.17 bits per heavy atom. The van der Waals surface area contributed by atoms with Crippen LogP contribution < -0.4 is 51.4 Å². The molecule has 0 aromatic carbocycles. The van der Waals surface area contributed by atoms with E-state index in [-0.39, 0.29) is 158 Å². The van der Waals surface area contributed by atoms with Crippen LogP contribution in [-0.4, -0.2) is 50.6 Å². The maximum atomic E-state index is 0. The molecule has 0 aliphatic carbocycles. The minimum atomic E-state index is 0. The van der Waals surface area contributed by atoms with Crippen LogP contribution in [-0.2, 0) is 54.6 Å². The second-order valence-corrected chi connectivity index (χ2v) is 0. The zero-order valence-corrected chi connectivity index (χ0v) is 20.2. The van der Waals surface area contributed by atoms with Gasteiger partial charge in [0, 0.05) is 54.6 Å². The van der Waals surface area contributed by atoms with Crippen LogP contribution in [0.3, 0.4) is 0 Å². The van der Waals surface area contributed by atoms with Crippen LogP contribution in [0.4, 0.5) is 0 Å². The summed E-state index contributed by atoms with van der Waals surface area (Å²) in [5, 5.41) is 0. The molecule has 0 bridgehead atoms. The van der Waals surface area contributed by atoms with Crippen LogP contribution in [0.1, 0.15) is 1.43 Å². The van der Waals surface area contributed by atoms with Gasteiger partial charge < -0.3 is 1.43 Å². The quantitative estimate of drug-likeness (QED) is 0.249. The monoisotopic (exact) mass is 588 g/mol. The van der Waals surface area contributed by atoms with Crippen LogP contribution in [0.25, 0.3) is 0 Å². The SMILES string of the molecule is [BiH3].[Fe].[H-].[K+].[Mo].[Ni].[SbH3]. The predicted molar refractivity (Wildman–Crippen MR) is 21.0 cm³/mol. The normalized spacial score (nSPS) is 0. The molecule has 6 heteroatoms. The first-order valence-electron chi connectivity index (χ1n) is 0. The molecule has 0 nitrogen and oxygen atoms in total. The van der Waals surface area contributed by atoms with Gasteiger partial charge in [0.15, 0.2) is 0 Å². The second kappa shape index (κ2) is 32.3. The van der Waals surface area contributed by atoms with Gasteiger partial charge in [-0.25, -0.2) is 0 Å². The van der Waals surface area contributed by atoms with E-state index in [9.17, 15) is 0 Å². The summed E-state index contributed by atoms with van der Waals surface area (Å²) in [4.78, 5) is 0. The zero-order chi connectivity index (χ0) is 0.